The zero-order valence-electron chi connectivity index (χ0n) is 15.7. The molecule has 0 amide bonds. The minimum atomic E-state index is 0.542. The third-order valence-corrected chi connectivity index (χ3v) is 6.91. The van der Waals surface area contributed by atoms with E-state index in [0.717, 1.165) is 12.8 Å². The summed E-state index contributed by atoms with van der Waals surface area (Å²) < 4.78 is 0. The fourth-order valence-corrected chi connectivity index (χ4v) is 5.56. The largest absolute Gasteiger partial charge is 0.0836 e. The summed E-state index contributed by atoms with van der Waals surface area (Å²) in [5.41, 5.74) is 13.9. The molecule has 1 atom stereocenters. The Balaban J connectivity index is 1.44. The van der Waals surface area contributed by atoms with E-state index in [9.17, 15) is 0 Å². The van der Waals surface area contributed by atoms with Crippen LogP contribution in [0.1, 0.15) is 65.0 Å². The minimum absolute atomic E-state index is 0.542. The SMILES string of the molecule is C1=CC2=C(CC1)CCc1c2ccc2c1C=CCC2C1=Cc2ccccc2C1. The lowest BCUT2D eigenvalue weighted by atomic mass is 9.74. The Morgan fingerprint density at radius 3 is 2.78 bits per heavy atom. The Kier molecular flexibility index (Phi) is 3.41. The average Bonchev–Trinajstić information content (AvgIpc) is 3.17. The van der Waals surface area contributed by atoms with Gasteiger partial charge in [-0.25, -0.2) is 0 Å². The number of benzene rings is 2. The highest BCUT2D eigenvalue weighted by molar-refractivity contribution is 5.84. The van der Waals surface area contributed by atoms with E-state index >= 15 is 0 Å². The van der Waals surface area contributed by atoms with Gasteiger partial charge in [0.15, 0.2) is 0 Å². The van der Waals surface area contributed by atoms with Gasteiger partial charge in [0.1, 0.15) is 0 Å². The second-order valence-electron chi connectivity index (χ2n) is 8.34. The molecular formula is C27H24. The lowest BCUT2D eigenvalue weighted by Crippen LogP contribution is -2.14. The van der Waals surface area contributed by atoms with Gasteiger partial charge in [0.25, 0.3) is 0 Å². The molecular weight excluding hydrogens is 324 g/mol. The van der Waals surface area contributed by atoms with Crippen molar-refractivity contribution in [1.29, 1.82) is 0 Å². The molecule has 0 N–H and O–H groups in total. The number of allylic oxidation sites excluding steroid dienone is 6. The van der Waals surface area contributed by atoms with E-state index in [-0.39, 0.29) is 0 Å². The maximum Gasteiger partial charge on any atom is 0.00954 e. The zero-order valence-corrected chi connectivity index (χ0v) is 15.7. The smallest absolute Gasteiger partial charge is 0.00954 e. The quantitative estimate of drug-likeness (QED) is 0.527. The van der Waals surface area contributed by atoms with Crippen LogP contribution < -0.4 is 0 Å². The second-order valence-corrected chi connectivity index (χ2v) is 8.34. The van der Waals surface area contributed by atoms with Gasteiger partial charge in [-0.1, -0.05) is 77.9 Å². The molecule has 0 heteroatoms. The fraction of sp³-hybridized carbons (Fsp3) is 0.259. The molecule has 0 aromatic heterocycles. The Labute approximate surface area is 161 Å². The average molecular weight is 348 g/mol. The standard InChI is InChI=1S/C27H24/c1-2-8-20-17-21(16-19(20)7-1)23-10-5-11-24-26(23)15-14-25-22-9-4-3-6-18(22)12-13-27(24)25/h1-2,4-5,7-9,11,14-16,23H,3,6,10,12-13,17H2. The van der Waals surface area contributed by atoms with Gasteiger partial charge in [-0.15, -0.1) is 0 Å². The molecule has 0 spiro atoms. The van der Waals surface area contributed by atoms with E-state index in [1.165, 1.54) is 53.5 Å². The third-order valence-electron chi connectivity index (χ3n) is 6.91. The molecule has 0 saturated heterocycles. The first-order valence-corrected chi connectivity index (χ1v) is 10.4. The molecule has 4 aliphatic rings. The molecule has 0 saturated carbocycles. The highest BCUT2D eigenvalue weighted by atomic mass is 14.3. The maximum atomic E-state index is 2.45. The predicted octanol–water partition coefficient (Wildman–Crippen LogP) is 6.88. The van der Waals surface area contributed by atoms with Gasteiger partial charge in [-0.3, -0.25) is 0 Å². The highest BCUT2D eigenvalue weighted by Crippen LogP contribution is 2.45. The summed E-state index contributed by atoms with van der Waals surface area (Å²) in [6, 6.07) is 13.7. The van der Waals surface area contributed by atoms with Crippen LogP contribution in [0.4, 0.5) is 0 Å². The lowest BCUT2D eigenvalue weighted by molar-refractivity contribution is 0.772. The van der Waals surface area contributed by atoms with Crippen LogP contribution in [0.2, 0.25) is 0 Å². The molecule has 6 rings (SSSR count). The van der Waals surface area contributed by atoms with Crippen LogP contribution in [0.15, 0.2) is 65.8 Å². The van der Waals surface area contributed by atoms with Gasteiger partial charge in [-0.2, -0.15) is 0 Å². The van der Waals surface area contributed by atoms with Crippen molar-refractivity contribution < 1.29 is 0 Å². The number of fused-ring (bicyclic) bond motifs is 5. The van der Waals surface area contributed by atoms with E-state index in [1.807, 2.05) is 0 Å². The molecule has 0 bridgehead atoms. The summed E-state index contributed by atoms with van der Waals surface area (Å²) in [5.74, 6) is 0.542. The van der Waals surface area contributed by atoms with Gasteiger partial charge in [0, 0.05) is 5.92 Å². The van der Waals surface area contributed by atoms with E-state index < -0.39 is 0 Å². The molecule has 4 aliphatic carbocycles. The van der Waals surface area contributed by atoms with Gasteiger partial charge in [0.2, 0.25) is 0 Å². The Hall–Kier alpha value is -2.60. The molecule has 0 heterocycles. The molecule has 0 radical (unpaired) electrons. The molecule has 1 unspecified atom stereocenters. The van der Waals surface area contributed by atoms with E-state index in [4.69, 9.17) is 0 Å². The van der Waals surface area contributed by atoms with E-state index in [1.54, 1.807) is 22.3 Å². The molecule has 2 aromatic carbocycles. The third kappa shape index (κ3) is 2.36. The van der Waals surface area contributed by atoms with Crippen molar-refractivity contribution in [3.63, 3.8) is 0 Å². The van der Waals surface area contributed by atoms with E-state index in [2.05, 4.69) is 66.8 Å². The van der Waals surface area contributed by atoms with Crippen LogP contribution in [0.25, 0.3) is 17.7 Å². The molecule has 27 heavy (non-hydrogen) atoms. The number of hydrogen-bond acceptors (Lipinski definition) is 0. The Bertz CT molecular complexity index is 1070. The fourth-order valence-electron chi connectivity index (χ4n) is 5.56. The summed E-state index contributed by atoms with van der Waals surface area (Å²) in [6.45, 7) is 0. The van der Waals surface area contributed by atoms with Crippen molar-refractivity contribution in [3.05, 3.63) is 99.2 Å². The van der Waals surface area contributed by atoms with Crippen LogP contribution in [-0.2, 0) is 12.8 Å². The maximum absolute atomic E-state index is 2.45. The molecule has 0 aliphatic heterocycles. The Morgan fingerprint density at radius 2 is 1.81 bits per heavy atom. The normalized spacial score (nSPS) is 22.1. The van der Waals surface area contributed by atoms with Gasteiger partial charge in [-0.05, 0) is 77.5 Å². The van der Waals surface area contributed by atoms with Crippen LogP contribution in [-0.4, -0.2) is 0 Å². The zero-order chi connectivity index (χ0) is 17.8. The summed E-state index contributed by atoms with van der Waals surface area (Å²) in [5, 5.41) is 0. The predicted molar refractivity (Wildman–Crippen MR) is 115 cm³/mol. The van der Waals surface area contributed by atoms with Crippen molar-refractivity contribution >= 4 is 17.7 Å². The number of hydrogen-bond donors (Lipinski definition) is 0. The van der Waals surface area contributed by atoms with E-state index in [0.29, 0.717) is 5.92 Å². The second kappa shape index (κ2) is 5.96. The van der Waals surface area contributed by atoms with Crippen molar-refractivity contribution in [2.75, 3.05) is 0 Å². The topological polar surface area (TPSA) is 0 Å². The van der Waals surface area contributed by atoms with Gasteiger partial charge >= 0.3 is 0 Å². The first-order chi connectivity index (χ1) is 13.4. The van der Waals surface area contributed by atoms with Crippen molar-refractivity contribution in [1.82, 2.24) is 0 Å². The first kappa shape index (κ1) is 15.5. The van der Waals surface area contributed by atoms with Crippen LogP contribution >= 0.6 is 0 Å². The Morgan fingerprint density at radius 1 is 0.852 bits per heavy atom. The highest BCUT2D eigenvalue weighted by Gasteiger charge is 2.28. The summed E-state index contributed by atoms with van der Waals surface area (Å²) in [4.78, 5) is 0. The molecule has 0 nitrogen and oxygen atoms in total. The van der Waals surface area contributed by atoms with Gasteiger partial charge in [0.05, 0.1) is 0 Å². The lowest BCUT2D eigenvalue weighted by Gasteiger charge is -2.30. The van der Waals surface area contributed by atoms with Crippen molar-refractivity contribution in [3.8, 4) is 0 Å². The van der Waals surface area contributed by atoms with Crippen LogP contribution in [0, 0.1) is 0 Å². The molecule has 132 valence electrons. The number of rotatable bonds is 1. The molecule has 0 fully saturated rings. The minimum Gasteiger partial charge on any atom is -0.0836 e. The van der Waals surface area contributed by atoms with Crippen LogP contribution in [0.5, 0.6) is 0 Å². The van der Waals surface area contributed by atoms with Gasteiger partial charge < -0.3 is 0 Å². The molecule has 2 aromatic rings. The summed E-state index contributed by atoms with van der Waals surface area (Å²) in [7, 11) is 0. The van der Waals surface area contributed by atoms with Crippen molar-refractivity contribution in [2.24, 2.45) is 0 Å². The van der Waals surface area contributed by atoms with Crippen molar-refractivity contribution in [2.45, 2.75) is 44.4 Å². The summed E-state index contributed by atoms with van der Waals surface area (Å²) in [6.07, 6.45) is 19.2. The van der Waals surface area contributed by atoms with Crippen LogP contribution in [0.3, 0.4) is 0 Å². The monoisotopic (exact) mass is 348 g/mol. The first-order valence-electron chi connectivity index (χ1n) is 10.4. The summed E-state index contributed by atoms with van der Waals surface area (Å²) >= 11 is 0.